The Bertz CT molecular complexity index is 412. The van der Waals surface area contributed by atoms with Crippen LogP contribution in [0, 0.1) is 11.8 Å². The van der Waals surface area contributed by atoms with Crippen LogP contribution >= 0.6 is 0 Å². The highest BCUT2D eigenvalue weighted by atomic mass is 16.2. The van der Waals surface area contributed by atoms with Crippen LogP contribution in [0.1, 0.15) is 22.3 Å². The minimum absolute atomic E-state index is 0.213. The van der Waals surface area contributed by atoms with E-state index >= 15 is 0 Å². The van der Waals surface area contributed by atoms with Crippen LogP contribution in [0.3, 0.4) is 0 Å². The Balaban J connectivity index is 2.77. The molecule has 0 saturated heterocycles. The molecule has 0 aliphatic carbocycles. The number of aldehydes is 1. The van der Waals surface area contributed by atoms with Crippen molar-refractivity contribution in [1.82, 2.24) is 5.43 Å². The van der Waals surface area contributed by atoms with E-state index in [-0.39, 0.29) is 12.3 Å². The molecule has 0 saturated carbocycles. The number of carbonyl (C=O) groups is 2. The fourth-order valence-corrected chi connectivity index (χ4v) is 0.983. The minimum atomic E-state index is -0.345. The maximum atomic E-state index is 11.1. The number of nitrogens with one attached hydrogen (secondary N) is 1. The molecule has 0 fully saturated rings. The fourth-order valence-electron chi connectivity index (χ4n) is 0.983. The number of benzene rings is 1. The number of hydrogen-bond acceptors (Lipinski definition) is 3. The molecule has 0 atom stereocenters. The van der Waals surface area contributed by atoms with Crippen molar-refractivity contribution < 1.29 is 9.59 Å². The van der Waals surface area contributed by atoms with Crippen LogP contribution in [0.15, 0.2) is 24.3 Å². The number of carbonyl (C=O) groups excluding carboxylic acids is 2. The second-order valence-electron chi connectivity index (χ2n) is 2.72. The van der Waals surface area contributed by atoms with Gasteiger partial charge in [-0.1, -0.05) is 11.8 Å². The zero-order valence-electron chi connectivity index (χ0n) is 7.99. The second kappa shape index (κ2) is 5.58. The highest BCUT2D eigenvalue weighted by Crippen LogP contribution is 2.02. The molecule has 1 rings (SSSR count). The van der Waals surface area contributed by atoms with Gasteiger partial charge in [-0.05, 0) is 24.3 Å². The Morgan fingerprint density at radius 2 is 2.07 bits per heavy atom. The maximum absolute atomic E-state index is 11.1. The fraction of sp³-hybridized carbons (Fsp3) is 0.0909. The summed E-state index contributed by atoms with van der Waals surface area (Å²) in [5.41, 5.74) is 3.26. The Hall–Kier alpha value is -2.12. The SMILES string of the molecule is NNC(=O)c1ccc(C#CCC=O)cc1. The zero-order chi connectivity index (χ0) is 11.1. The van der Waals surface area contributed by atoms with E-state index in [1.807, 2.05) is 5.43 Å². The van der Waals surface area contributed by atoms with Crippen LogP contribution in [-0.4, -0.2) is 12.2 Å². The molecule has 0 spiro atoms. The van der Waals surface area contributed by atoms with Crippen LogP contribution in [0.2, 0.25) is 0 Å². The number of nitrogen functional groups attached to an aromatic ring is 1. The predicted molar refractivity (Wildman–Crippen MR) is 55.7 cm³/mol. The summed E-state index contributed by atoms with van der Waals surface area (Å²) in [6, 6.07) is 6.63. The summed E-state index contributed by atoms with van der Waals surface area (Å²) in [4.78, 5) is 21.1. The van der Waals surface area contributed by atoms with Gasteiger partial charge in [0.15, 0.2) is 0 Å². The van der Waals surface area contributed by atoms with Gasteiger partial charge in [0.2, 0.25) is 0 Å². The molecule has 0 aliphatic rings. The number of rotatable bonds is 2. The molecule has 1 aromatic rings. The molecule has 1 aromatic carbocycles. The molecule has 0 aliphatic heterocycles. The molecule has 3 N–H and O–H groups in total. The van der Waals surface area contributed by atoms with E-state index in [0.717, 1.165) is 11.8 Å². The van der Waals surface area contributed by atoms with Gasteiger partial charge in [-0.2, -0.15) is 0 Å². The lowest BCUT2D eigenvalue weighted by Gasteiger charge is -1.98. The molecule has 0 radical (unpaired) electrons. The molecule has 4 nitrogen and oxygen atoms in total. The smallest absolute Gasteiger partial charge is 0.265 e. The molecule has 0 aromatic heterocycles. The Labute approximate surface area is 87.4 Å². The lowest BCUT2D eigenvalue weighted by atomic mass is 10.1. The molecular formula is C11H10N2O2. The first-order valence-electron chi connectivity index (χ1n) is 4.31. The molecule has 0 unspecified atom stereocenters. The van der Waals surface area contributed by atoms with Crippen molar-refractivity contribution in [2.24, 2.45) is 5.84 Å². The van der Waals surface area contributed by atoms with E-state index in [9.17, 15) is 9.59 Å². The summed E-state index contributed by atoms with van der Waals surface area (Å²) in [7, 11) is 0. The van der Waals surface area contributed by atoms with Crippen molar-refractivity contribution in [3.63, 3.8) is 0 Å². The highest BCUT2D eigenvalue weighted by molar-refractivity contribution is 5.93. The van der Waals surface area contributed by atoms with Crippen LogP contribution in [-0.2, 0) is 4.79 Å². The van der Waals surface area contributed by atoms with E-state index in [1.165, 1.54) is 0 Å². The Kier molecular flexibility index (Phi) is 4.07. The molecule has 76 valence electrons. The Morgan fingerprint density at radius 3 is 2.60 bits per heavy atom. The third kappa shape index (κ3) is 3.25. The Morgan fingerprint density at radius 1 is 1.40 bits per heavy atom. The summed E-state index contributed by atoms with van der Waals surface area (Å²) >= 11 is 0. The predicted octanol–water partition coefficient (Wildman–Crippen LogP) is 0.231. The summed E-state index contributed by atoms with van der Waals surface area (Å²) in [6.45, 7) is 0. The number of hydrazine groups is 1. The van der Waals surface area contributed by atoms with Crippen LogP contribution in [0.4, 0.5) is 0 Å². The van der Waals surface area contributed by atoms with Gasteiger partial charge >= 0.3 is 0 Å². The van der Waals surface area contributed by atoms with Gasteiger partial charge < -0.3 is 4.79 Å². The monoisotopic (exact) mass is 202 g/mol. The lowest BCUT2D eigenvalue weighted by Crippen LogP contribution is -2.29. The first-order valence-corrected chi connectivity index (χ1v) is 4.31. The molecular weight excluding hydrogens is 192 g/mol. The van der Waals surface area contributed by atoms with Gasteiger partial charge in [0, 0.05) is 11.1 Å². The highest BCUT2D eigenvalue weighted by Gasteiger charge is 2.00. The molecule has 0 bridgehead atoms. The van der Waals surface area contributed by atoms with E-state index in [4.69, 9.17) is 5.84 Å². The van der Waals surface area contributed by atoms with Gasteiger partial charge in [0.25, 0.3) is 5.91 Å². The molecule has 0 heterocycles. The zero-order valence-corrected chi connectivity index (χ0v) is 7.99. The van der Waals surface area contributed by atoms with E-state index < -0.39 is 0 Å². The summed E-state index contributed by atoms with van der Waals surface area (Å²) in [6.07, 6.45) is 0.953. The topological polar surface area (TPSA) is 72.2 Å². The van der Waals surface area contributed by atoms with Gasteiger partial charge in [-0.15, -0.1) is 0 Å². The average Bonchev–Trinajstić information content (AvgIpc) is 2.29. The number of amides is 1. The third-order valence-corrected chi connectivity index (χ3v) is 1.70. The van der Waals surface area contributed by atoms with Crippen molar-refractivity contribution in [2.75, 3.05) is 0 Å². The average molecular weight is 202 g/mol. The van der Waals surface area contributed by atoms with E-state index in [1.54, 1.807) is 24.3 Å². The van der Waals surface area contributed by atoms with Crippen molar-refractivity contribution in [3.05, 3.63) is 35.4 Å². The first-order chi connectivity index (χ1) is 7.27. The van der Waals surface area contributed by atoms with Crippen LogP contribution < -0.4 is 11.3 Å². The third-order valence-electron chi connectivity index (χ3n) is 1.70. The summed E-state index contributed by atoms with van der Waals surface area (Å²) in [5.74, 6) is 10.1. The van der Waals surface area contributed by atoms with Gasteiger partial charge in [0.1, 0.15) is 6.29 Å². The largest absolute Gasteiger partial charge is 0.302 e. The first kappa shape index (κ1) is 11.0. The summed E-state index contributed by atoms with van der Waals surface area (Å²) < 4.78 is 0. The van der Waals surface area contributed by atoms with E-state index in [0.29, 0.717) is 5.56 Å². The van der Waals surface area contributed by atoms with Crippen molar-refractivity contribution in [1.29, 1.82) is 0 Å². The lowest BCUT2D eigenvalue weighted by molar-refractivity contribution is -0.107. The van der Waals surface area contributed by atoms with Crippen LogP contribution in [0.25, 0.3) is 0 Å². The quantitative estimate of drug-likeness (QED) is 0.237. The van der Waals surface area contributed by atoms with Gasteiger partial charge in [-0.3, -0.25) is 10.2 Å². The maximum Gasteiger partial charge on any atom is 0.265 e. The molecule has 4 heteroatoms. The molecule has 1 amide bonds. The summed E-state index contributed by atoms with van der Waals surface area (Å²) in [5, 5.41) is 0. The number of nitrogens with two attached hydrogens (primary N) is 1. The van der Waals surface area contributed by atoms with Crippen LogP contribution in [0.5, 0.6) is 0 Å². The number of hydrogen-bond donors (Lipinski definition) is 2. The van der Waals surface area contributed by atoms with Crippen molar-refractivity contribution >= 4 is 12.2 Å². The van der Waals surface area contributed by atoms with Crippen molar-refractivity contribution in [2.45, 2.75) is 6.42 Å². The van der Waals surface area contributed by atoms with Gasteiger partial charge in [0.05, 0.1) is 6.42 Å². The minimum Gasteiger partial charge on any atom is -0.302 e. The van der Waals surface area contributed by atoms with Gasteiger partial charge in [-0.25, -0.2) is 5.84 Å². The van der Waals surface area contributed by atoms with Crippen molar-refractivity contribution in [3.8, 4) is 11.8 Å². The normalized spacial score (nSPS) is 8.60. The molecule has 15 heavy (non-hydrogen) atoms. The van der Waals surface area contributed by atoms with E-state index in [2.05, 4.69) is 11.8 Å². The standard InChI is InChI=1S/C11H10N2O2/c12-13-11(15)10-6-4-9(5-7-10)3-1-2-8-14/h4-8H,2,12H2,(H,13,15). The second-order valence-corrected chi connectivity index (χ2v) is 2.72.